The zero-order valence-electron chi connectivity index (χ0n) is 9.93. The molecule has 18 heavy (non-hydrogen) atoms. The van der Waals surface area contributed by atoms with Crippen LogP contribution in [0, 0.1) is 0 Å². The Balaban J connectivity index is 2.10. The lowest BCUT2D eigenvalue weighted by Crippen LogP contribution is -2.36. The van der Waals surface area contributed by atoms with Crippen LogP contribution < -0.4 is 5.73 Å². The lowest BCUT2D eigenvalue weighted by atomic mass is 9.82. The van der Waals surface area contributed by atoms with Gasteiger partial charge in [-0.25, -0.2) is 0 Å². The molecule has 3 aromatic carbocycles. The van der Waals surface area contributed by atoms with E-state index >= 15 is 0 Å². The summed E-state index contributed by atoms with van der Waals surface area (Å²) in [6, 6.07) is 23.2. The first-order chi connectivity index (χ1) is 8.80. The van der Waals surface area contributed by atoms with Crippen molar-refractivity contribution in [2.24, 2.45) is 5.73 Å². The SMILES string of the molecule is NC1(c2ccccc2)c2ccc3cccc1c3c2. The third-order valence-electron chi connectivity index (χ3n) is 3.99. The summed E-state index contributed by atoms with van der Waals surface area (Å²) < 4.78 is 0. The highest BCUT2D eigenvalue weighted by Crippen LogP contribution is 2.43. The van der Waals surface area contributed by atoms with Crippen LogP contribution in [0.15, 0.2) is 66.7 Å². The van der Waals surface area contributed by atoms with Gasteiger partial charge in [0.1, 0.15) is 0 Å². The standard InChI is InChI=1S/C17H13N/c18-17(13-6-2-1-3-7-13)14-10-9-12-5-4-8-16(17)15(12)11-14/h1-11H,18H2. The van der Waals surface area contributed by atoms with Crippen LogP contribution in [0.2, 0.25) is 0 Å². The van der Waals surface area contributed by atoms with E-state index in [1.807, 2.05) is 18.2 Å². The Labute approximate surface area is 106 Å². The number of hydrogen-bond acceptors (Lipinski definition) is 1. The molecule has 1 nitrogen and oxygen atoms in total. The molecule has 0 radical (unpaired) electrons. The van der Waals surface area contributed by atoms with Gasteiger partial charge in [-0.3, -0.25) is 0 Å². The van der Waals surface area contributed by atoms with Crippen molar-refractivity contribution in [1.29, 1.82) is 0 Å². The Hall–Kier alpha value is -2.12. The maximum atomic E-state index is 6.76. The molecule has 2 N–H and O–H groups in total. The van der Waals surface area contributed by atoms with Gasteiger partial charge in [-0.05, 0) is 33.5 Å². The van der Waals surface area contributed by atoms with Crippen molar-refractivity contribution >= 4 is 10.8 Å². The van der Waals surface area contributed by atoms with Crippen molar-refractivity contribution in [2.45, 2.75) is 5.54 Å². The van der Waals surface area contributed by atoms with Crippen LogP contribution >= 0.6 is 0 Å². The summed E-state index contributed by atoms with van der Waals surface area (Å²) in [4.78, 5) is 0. The minimum absolute atomic E-state index is 0.487. The topological polar surface area (TPSA) is 26.0 Å². The van der Waals surface area contributed by atoms with Crippen molar-refractivity contribution in [3.63, 3.8) is 0 Å². The zero-order chi connectivity index (χ0) is 12.2. The molecule has 0 aliphatic heterocycles. The van der Waals surface area contributed by atoms with Gasteiger partial charge in [0.25, 0.3) is 0 Å². The van der Waals surface area contributed by atoms with Gasteiger partial charge in [-0.15, -0.1) is 0 Å². The highest BCUT2D eigenvalue weighted by Gasteiger charge is 2.37. The van der Waals surface area contributed by atoms with Crippen LogP contribution in [0.4, 0.5) is 0 Å². The quantitative estimate of drug-likeness (QED) is 0.682. The summed E-state index contributed by atoms with van der Waals surface area (Å²) in [5.74, 6) is 0. The molecular formula is C17H13N. The summed E-state index contributed by atoms with van der Waals surface area (Å²) in [6.45, 7) is 0. The van der Waals surface area contributed by atoms with Crippen molar-refractivity contribution in [2.75, 3.05) is 0 Å². The molecule has 1 unspecified atom stereocenters. The molecule has 0 saturated carbocycles. The second-order valence-corrected chi connectivity index (χ2v) is 4.92. The van der Waals surface area contributed by atoms with Crippen LogP contribution in [0.5, 0.6) is 0 Å². The first kappa shape index (κ1) is 9.86. The Morgan fingerprint density at radius 1 is 0.722 bits per heavy atom. The normalized spacial score (nSPS) is 20.7. The molecule has 0 fully saturated rings. The number of rotatable bonds is 1. The molecule has 0 aromatic heterocycles. The minimum Gasteiger partial charge on any atom is -0.314 e. The lowest BCUT2D eigenvalue weighted by molar-refractivity contribution is 0.672. The average molecular weight is 231 g/mol. The first-order valence-electron chi connectivity index (χ1n) is 6.18. The number of nitrogens with two attached hydrogens (primary N) is 1. The van der Waals surface area contributed by atoms with Crippen molar-refractivity contribution < 1.29 is 0 Å². The molecule has 3 aromatic rings. The van der Waals surface area contributed by atoms with E-state index in [1.54, 1.807) is 0 Å². The number of fused-ring (bicyclic) bond motifs is 1. The van der Waals surface area contributed by atoms with Crippen LogP contribution in [0.1, 0.15) is 16.7 Å². The van der Waals surface area contributed by atoms with E-state index < -0.39 is 5.54 Å². The Morgan fingerprint density at radius 3 is 2.39 bits per heavy atom. The molecule has 2 bridgehead atoms. The lowest BCUT2D eigenvalue weighted by Gasteiger charge is -2.27. The smallest absolute Gasteiger partial charge is 0.0929 e. The summed E-state index contributed by atoms with van der Waals surface area (Å²) in [7, 11) is 0. The van der Waals surface area contributed by atoms with Gasteiger partial charge in [0, 0.05) is 0 Å². The molecule has 1 atom stereocenters. The van der Waals surface area contributed by atoms with E-state index in [9.17, 15) is 0 Å². The maximum absolute atomic E-state index is 6.76. The van der Waals surface area contributed by atoms with Gasteiger partial charge in [0.2, 0.25) is 0 Å². The summed E-state index contributed by atoms with van der Waals surface area (Å²) in [5.41, 5.74) is 9.82. The van der Waals surface area contributed by atoms with Crippen molar-refractivity contribution in [1.82, 2.24) is 0 Å². The molecule has 0 amide bonds. The molecule has 0 heterocycles. The van der Waals surface area contributed by atoms with E-state index in [4.69, 9.17) is 5.73 Å². The maximum Gasteiger partial charge on any atom is 0.0929 e. The van der Waals surface area contributed by atoms with Gasteiger partial charge >= 0.3 is 0 Å². The predicted molar refractivity (Wildman–Crippen MR) is 74.5 cm³/mol. The van der Waals surface area contributed by atoms with Crippen molar-refractivity contribution in [3.8, 4) is 0 Å². The monoisotopic (exact) mass is 231 g/mol. The second kappa shape index (κ2) is 3.21. The Morgan fingerprint density at radius 2 is 1.56 bits per heavy atom. The average Bonchev–Trinajstić information content (AvgIpc) is 2.72. The van der Waals surface area contributed by atoms with Crippen LogP contribution in [-0.4, -0.2) is 0 Å². The van der Waals surface area contributed by atoms with E-state index in [-0.39, 0.29) is 0 Å². The molecule has 0 saturated heterocycles. The Bertz CT molecular complexity index is 742. The molecule has 0 spiro atoms. The third kappa shape index (κ3) is 1.05. The summed E-state index contributed by atoms with van der Waals surface area (Å²) in [6.07, 6.45) is 0. The van der Waals surface area contributed by atoms with Gasteiger partial charge in [-0.2, -0.15) is 0 Å². The molecule has 1 aliphatic carbocycles. The van der Waals surface area contributed by atoms with Crippen molar-refractivity contribution in [3.05, 3.63) is 83.4 Å². The highest BCUT2D eigenvalue weighted by molar-refractivity contribution is 5.92. The molecule has 86 valence electrons. The molecule has 1 aliphatic rings. The van der Waals surface area contributed by atoms with Crippen LogP contribution in [-0.2, 0) is 5.54 Å². The fourth-order valence-corrected chi connectivity index (χ4v) is 3.04. The van der Waals surface area contributed by atoms with Gasteiger partial charge in [0.05, 0.1) is 5.54 Å². The van der Waals surface area contributed by atoms with E-state index in [1.165, 1.54) is 21.9 Å². The molecule has 4 rings (SSSR count). The number of hydrogen-bond donors (Lipinski definition) is 1. The zero-order valence-corrected chi connectivity index (χ0v) is 9.93. The second-order valence-electron chi connectivity index (χ2n) is 4.92. The van der Waals surface area contributed by atoms with Gasteiger partial charge in [0.15, 0.2) is 0 Å². The largest absolute Gasteiger partial charge is 0.314 e. The van der Waals surface area contributed by atoms with E-state index in [0.717, 1.165) is 5.56 Å². The fourth-order valence-electron chi connectivity index (χ4n) is 3.04. The van der Waals surface area contributed by atoms with Crippen LogP contribution in [0.3, 0.4) is 0 Å². The van der Waals surface area contributed by atoms with Gasteiger partial charge < -0.3 is 5.73 Å². The van der Waals surface area contributed by atoms with Gasteiger partial charge in [-0.1, -0.05) is 60.7 Å². The minimum atomic E-state index is -0.487. The summed E-state index contributed by atoms with van der Waals surface area (Å²) in [5, 5.41) is 2.54. The van der Waals surface area contributed by atoms with E-state index in [0.29, 0.717) is 0 Å². The number of benzene rings is 3. The Kier molecular flexibility index (Phi) is 1.76. The van der Waals surface area contributed by atoms with E-state index in [2.05, 4.69) is 48.5 Å². The van der Waals surface area contributed by atoms with Crippen LogP contribution in [0.25, 0.3) is 10.8 Å². The molecular weight excluding hydrogens is 218 g/mol. The first-order valence-corrected chi connectivity index (χ1v) is 6.18. The summed E-state index contributed by atoms with van der Waals surface area (Å²) >= 11 is 0. The highest BCUT2D eigenvalue weighted by atomic mass is 14.8. The predicted octanol–water partition coefficient (Wildman–Crippen LogP) is 3.40. The third-order valence-corrected chi connectivity index (χ3v) is 3.99. The fraction of sp³-hybridized carbons (Fsp3) is 0.0588. The molecule has 1 heteroatoms.